The van der Waals surface area contributed by atoms with Crippen molar-refractivity contribution in [3.05, 3.63) is 78.0 Å². The van der Waals surface area contributed by atoms with E-state index >= 15 is 0 Å². The molecule has 3 aromatic rings. The summed E-state index contributed by atoms with van der Waals surface area (Å²) < 4.78 is 0. The molecule has 11 nitrogen and oxygen atoms in total. The normalized spacial score (nSPS) is 13.4. The first-order valence-corrected chi connectivity index (χ1v) is 14.4. The summed E-state index contributed by atoms with van der Waals surface area (Å²) in [7, 11) is 0. The van der Waals surface area contributed by atoms with Crippen LogP contribution in [0.15, 0.2) is 66.7 Å². The highest BCUT2D eigenvalue weighted by Gasteiger charge is 2.31. The van der Waals surface area contributed by atoms with Crippen molar-refractivity contribution in [1.82, 2.24) is 25.8 Å². The van der Waals surface area contributed by atoms with Crippen LogP contribution in [0.2, 0.25) is 0 Å². The summed E-state index contributed by atoms with van der Waals surface area (Å²) in [5, 5.41) is 20.5. The van der Waals surface area contributed by atoms with Crippen LogP contribution >= 0.6 is 0 Å². The average molecular weight is 591 g/mol. The van der Waals surface area contributed by atoms with Crippen LogP contribution in [-0.4, -0.2) is 75.6 Å². The van der Waals surface area contributed by atoms with E-state index in [4.69, 9.17) is 5.73 Å². The van der Waals surface area contributed by atoms with Gasteiger partial charge >= 0.3 is 6.03 Å². The van der Waals surface area contributed by atoms with Crippen LogP contribution in [0, 0.1) is 0 Å². The predicted molar refractivity (Wildman–Crippen MR) is 165 cm³/mol. The number of pyridine rings is 1. The minimum absolute atomic E-state index is 0.0542. The van der Waals surface area contributed by atoms with E-state index in [1.165, 1.54) is 11.0 Å². The van der Waals surface area contributed by atoms with Crippen molar-refractivity contribution < 1.29 is 24.3 Å². The lowest BCUT2D eigenvalue weighted by Gasteiger charge is -2.33. The molecule has 2 aromatic carbocycles. The molecule has 0 aliphatic rings. The van der Waals surface area contributed by atoms with Gasteiger partial charge in [-0.2, -0.15) is 0 Å². The minimum Gasteiger partial charge on any atom is -0.389 e. The van der Waals surface area contributed by atoms with Gasteiger partial charge in [0.25, 0.3) is 5.91 Å². The van der Waals surface area contributed by atoms with Gasteiger partial charge in [-0.15, -0.1) is 0 Å². The Hall–Kier alpha value is -4.51. The number of nitrogens with two attached hydrogens (primary N) is 1. The number of hydrogen-bond donors (Lipinski definition) is 5. The third-order valence-corrected chi connectivity index (χ3v) is 6.62. The largest absolute Gasteiger partial charge is 0.389 e. The van der Waals surface area contributed by atoms with Crippen molar-refractivity contribution in [1.29, 1.82) is 0 Å². The van der Waals surface area contributed by atoms with E-state index in [0.717, 1.165) is 10.9 Å². The lowest BCUT2D eigenvalue weighted by atomic mass is 9.99. The molecule has 230 valence electrons. The van der Waals surface area contributed by atoms with Gasteiger partial charge in [0.15, 0.2) is 0 Å². The molecule has 0 spiro atoms. The first kappa shape index (κ1) is 33.0. The number of para-hydroxylation sites is 1. The number of fused-ring (bicyclic) bond motifs is 1. The number of benzene rings is 2. The number of urea groups is 1. The minimum atomic E-state index is -1.32. The first-order valence-electron chi connectivity index (χ1n) is 14.4. The van der Waals surface area contributed by atoms with E-state index in [2.05, 4.69) is 20.9 Å². The number of aromatic nitrogens is 1. The fourth-order valence-corrected chi connectivity index (χ4v) is 4.57. The van der Waals surface area contributed by atoms with Crippen LogP contribution < -0.4 is 21.7 Å². The molecule has 1 aromatic heterocycles. The van der Waals surface area contributed by atoms with Crippen LogP contribution in [-0.2, 0) is 16.0 Å². The molecule has 11 heteroatoms. The predicted octanol–water partition coefficient (Wildman–Crippen LogP) is 2.52. The van der Waals surface area contributed by atoms with Gasteiger partial charge in [-0.3, -0.25) is 14.4 Å². The Kier molecular flexibility index (Phi) is 11.6. The van der Waals surface area contributed by atoms with E-state index in [1.54, 1.807) is 18.2 Å². The zero-order valence-electron chi connectivity index (χ0n) is 25.2. The highest BCUT2D eigenvalue weighted by Crippen LogP contribution is 2.13. The van der Waals surface area contributed by atoms with Crippen LogP contribution in [0.25, 0.3) is 10.9 Å². The second-order valence-electron chi connectivity index (χ2n) is 11.6. The third-order valence-electron chi connectivity index (χ3n) is 6.62. The Labute approximate surface area is 252 Å². The Morgan fingerprint density at radius 2 is 1.63 bits per heavy atom. The number of aliphatic hydroxyl groups is 1. The van der Waals surface area contributed by atoms with Crippen molar-refractivity contribution in [2.45, 2.75) is 70.7 Å². The van der Waals surface area contributed by atoms with Gasteiger partial charge in [-0.05, 0) is 51.3 Å². The van der Waals surface area contributed by atoms with E-state index in [1.807, 2.05) is 70.2 Å². The number of rotatable bonds is 13. The maximum absolute atomic E-state index is 13.5. The first-order chi connectivity index (χ1) is 20.4. The van der Waals surface area contributed by atoms with Crippen molar-refractivity contribution in [3.63, 3.8) is 0 Å². The lowest BCUT2D eigenvalue weighted by Crippen LogP contribution is -2.57. The molecular weight excluding hydrogens is 548 g/mol. The molecule has 5 amide bonds. The number of amides is 5. The summed E-state index contributed by atoms with van der Waals surface area (Å²) in [4.78, 5) is 57.4. The number of carbonyl (C=O) groups excluding carboxylic acids is 4. The van der Waals surface area contributed by atoms with Gasteiger partial charge in [-0.1, -0.05) is 61.5 Å². The van der Waals surface area contributed by atoms with E-state index in [9.17, 15) is 24.3 Å². The van der Waals surface area contributed by atoms with Crippen molar-refractivity contribution in [2.24, 2.45) is 5.73 Å². The fourth-order valence-electron chi connectivity index (χ4n) is 4.57. The van der Waals surface area contributed by atoms with E-state index in [0.29, 0.717) is 18.5 Å². The van der Waals surface area contributed by atoms with Crippen molar-refractivity contribution >= 4 is 34.7 Å². The van der Waals surface area contributed by atoms with Crippen molar-refractivity contribution in [3.8, 4) is 0 Å². The summed E-state index contributed by atoms with van der Waals surface area (Å²) in [6.07, 6.45) is -0.739. The molecule has 0 bridgehead atoms. The number of carbonyl (C=O) groups is 4. The molecule has 3 atom stereocenters. The second-order valence-corrected chi connectivity index (χ2v) is 11.6. The molecular formula is C32H42N6O5. The summed E-state index contributed by atoms with van der Waals surface area (Å²) in [5.74, 6) is -2.14. The number of nitrogens with one attached hydrogen (secondary N) is 3. The van der Waals surface area contributed by atoms with Crippen molar-refractivity contribution in [2.75, 3.05) is 13.1 Å². The van der Waals surface area contributed by atoms with Crippen LogP contribution in [0.4, 0.5) is 4.79 Å². The SMILES string of the molecule is CCCN(CC(O)[C@H](Cc1ccccc1)NC(=O)C(CC(N)=O)NC(=O)c1ccc2ccccc2n1)C(=O)NC(C)(C)C. The van der Waals surface area contributed by atoms with E-state index < -0.39 is 47.9 Å². The zero-order chi connectivity index (χ0) is 31.6. The molecule has 0 radical (unpaired) electrons. The molecule has 0 fully saturated rings. The topological polar surface area (TPSA) is 167 Å². The number of aliphatic hydroxyl groups excluding tert-OH is 1. The molecule has 3 rings (SSSR count). The van der Waals surface area contributed by atoms with Gasteiger partial charge in [0.2, 0.25) is 11.8 Å². The van der Waals surface area contributed by atoms with Crippen LogP contribution in [0.5, 0.6) is 0 Å². The maximum atomic E-state index is 13.5. The number of primary amides is 1. The monoisotopic (exact) mass is 590 g/mol. The van der Waals surface area contributed by atoms with Crippen LogP contribution in [0.3, 0.4) is 0 Å². The zero-order valence-corrected chi connectivity index (χ0v) is 25.2. The Bertz CT molecular complexity index is 1410. The van der Waals surface area contributed by atoms with Gasteiger partial charge in [0.1, 0.15) is 11.7 Å². The molecule has 0 aliphatic heterocycles. The molecule has 0 saturated heterocycles. The number of hydrogen-bond acceptors (Lipinski definition) is 6. The summed E-state index contributed by atoms with van der Waals surface area (Å²) in [6, 6.07) is 17.3. The molecule has 2 unspecified atom stereocenters. The van der Waals surface area contributed by atoms with E-state index in [-0.39, 0.29) is 24.7 Å². The quantitative estimate of drug-likeness (QED) is 0.205. The molecule has 1 heterocycles. The molecule has 0 saturated carbocycles. The molecule has 0 aliphatic carbocycles. The smallest absolute Gasteiger partial charge is 0.317 e. The van der Waals surface area contributed by atoms with Gasteiger partial charge in [0, 0.05) is 17.5 Å². The third kappa shape index (κ3) is 10.4. The fraction of sp³-hybridized carbons (Fsp3) is 0.406. The van der Waals surface area contributed by atoms with Crippen LogP contribution in [0.1, 0.15) is 56.6 Å². The maximum Gasteiger partial charge on any atom is 0.317 e. The average Bonchev–Trinajstić information content (AvgIpc) is 2.95. The van der Waals surface area contributed by atoms with Gasteiger partial charge < -0.3 is 31.7 Å². The Morgan fingerprint density at radius 3 is 2.28 bits per heavy atom. The molecule has 6 N–H and O–H groups in total. The highest BCUT2D eigenvalue weighted by atomic mass is 16.3. The van der Waals surface area contributed by atoms with Gasteiger partial charge in [0.05, 0.1) is 30.6 Å². The summed E-state index contributed by atoms with van der Waals surface area (Å²) in [5.41, 5.74) is 6.46. The Morgan fingerprint density at radius 1 is 0.953 bits per heavy atom. The molecule has 43 heavy (non-hydrogen) atoms. The Balaban J connectivity index is 1.82. The highest BCUT2D eigenvalue weighted by molar-refractivity contribution is 5.99. The standard InChI is InChI=1S/C32H42N6O5/c1-5-17-38(31(43)37-32(2,3)4)20-27(39)25(18-21-11-7-6-8-12-21)35-30(42)26(19-28(33)40)36-29(41)24-16-15-22-13-9-10-14-23(22)34-24/h6-16,25-27,39H,5,17-20H2,1-4H3,(H2,33,40)(H,35,42)(H,36,41)(H,37,43)/t25-,26?,27?/m0/s1. The number of nitrogens with zero attached hydrogens (tertiary/aromatic N) is 2. The summed E-state index contributed by atoms with van der Waals surface area (Å²) >= 11 is 0. The van der Waals surface area contributed by atoms with Gasteiger partial charge in [-0.25, -0.2) is 9.78 Å². The lowest BCUT2D eigenvalue weighted by molar-refractivity contribution is -0.128. The second kappa shape index (κ2) is 15.1. The summed E-state index contributed by atoms with van der Waals surface area (Å²) in [6.45, 7) is 7.86.